The molecule has 3 rings (SSSR count). The average molecular weight is 401 g/mol. The summed E-state index contributed by atoms with van der Waals surface area (Å²) in [5, 5.41) is 7.97. The molecule has 0 unspecified atom stereocenters. The number of anilines is 1. The highest BCUT2D eigenvalue weighted by Gasteiger charge is 2.22. The maximum atomic E-state index is 12.1. The second kappa shape index (κ2) is 9.30. The zero-order chi connectivity index (χ0) is 20.1. The lowest BCUT2D eigenvalue weighted by atomic mass is 9.92. The van der Waals surface area contributed by atoms with Gasteiger partial charge in [-0.2, -0.15) is 0 Å². The number of aryl methyl sites for hydroxylation is 1. The molecular weight excluding hydrogens is 372 g/mol. The normalized spacial score (nSPS) is 20.0. The van der Waals surface area contributed by atoms with Crippen molar-refractivity contribution in [1.29, 1.82) is 0 Å². The van der Waals surface area contributed by atoms with Crippen molar-refractivity contribution in [3.05, 3.63) is 46.5 Å². The summed E-state index contributed by atoms with van der Waals surface area (Å²) in [6, 6.07) is 7.24. The van der Waals surface area contributed by atoms with Crippen LogP contribution in [0.3, 0.4) is 0 Å². The molecule has 0 bridgehead atoms. The monoisotopic (exact) mass is 400 g/mol. The molecule has 1 saturated heterocycles. The van der Waals surface area contributed by atoms with E-state index >= 15 is 0 Å². The molecule has 1 aliphatic rings. The van der Waals surface area contributed by atoms with Gasteiger partial charge in [-0.1, -0.05) is 31.5 Å². The molecule has 1 aromatic heterocycles. The maximum Gasteiger partial charge on any atom is 0.251 e. The van der Waals surface area contributed by atoms with Gasteiger partial charge in [0.25, 0.3) is 5.91 Å². The first-order chi connectivity index (χ1) is 13.4. The molecule has 0 saturated carbocycles. The third-order valence-electron chi connectivity index (χ3n) is 4.85. The molecule has 28 heavy (non-hydrogen) atoms. The van der Waals surface area contributed by atoms with Gasteiger partial charge in [-0.25, -0.2) is 4.98 Å². The number of hydrogen-bond donors (Lipinski definition) is 2. The van der Waals surface area contributed by atoms with Crippen molar-refractivity contribution in [2.24, 2.45) is 11.8 Å². The lowest BCUT2D eigenvalue weighted by molar-refractivity contribution is -0.115. The van der Waals surface area contributed by atoms with Crippen molar-refractivity contribution in [2.75, 3.05) is 25.0 Å². The molecule has 1 aromatic carbocycles. The highest BCUT2D eigenvalue weighted by atomic mass is 32.1. The molecular formula is C21H28N4O2S. The molecule has 0 spiro atoms. The highest BCUT2D eigenvalue weighted by Crippen LogP contribution is 2.23. The fourth-order valence-corrected chi connectivity index (χ4v) is 4.44. The first-order valence-corrected chi connectivity index (χ1v) is 10.6. The predicted octanol–water partition coefficient (Wildman–Crippen LogP) is 3.30. The summed E-state index contributed by atoms with van der Waals surface area (Å²) >= 11 is 1.42. The summed E-state index contributed by atoms with van der Waals surface area (Å²) in [6.07, 6.45) is 1.28. The molecule has 0 radical (unpaired) electrons. The number of likely N-dealkylation sites (tertiary alicyclic amines) is 1. The summed E-state index contributed by atoms with van der Waals surface area (Å²) < 4.78 is 0. The number of nitrogens with zero attached hydrogens (tertiary/aromatic N) is 2. The van der Waals surface area contributed by atoms with Crippen LogP contribution in [0.15, 0.2) is 29.6 Å². The minimum atomic E-state index is -0.276. The van der Waals surface area contributed by atoms with Crippen molar-refractivity contribution >= 4 is 28.3 Å². The molecule has 0 aliphatic carbocycles. The number of thiazole rings is 1. The Balaban J connectivity index is 1.46. The molecule has 150 valence electrons. The third-order valence-corrected chi connectivity index (χ3v) is 5.66. The zero-order valence-corrected chi connectivity index (χ0v) is 17.5. The van der Waals surface area contributed by atoms with E-state index < -0.39 is 0 Å². The highest BCUT2D eigenvalue weighted by molar-refractivity contribution is 7.13. The van der Waals surface area contributed by atoms with E-state index in [9.17, 15) is 9.59 Å². The summed E-state index contributed by atoms with van der Waals surface area (Å²) in [6.45, 7) is 9.46. The van der Waals surface area contributed by atoms with Crippen LogP contribution in [-0.4, -0.2) is 41.3 Å². The van der Waals surface area contributed by atoms with Crippen molar-refractivity contribution in [1.82, 2.24) is 15.2 Å². The number of carbonyl (C=O) groups excluding carboxylic acids is 2. The van der Waals surface area contributed by atoms with Crippen LogP contribution in [-0.2, 0) is 11.3 Å². The summed E-state index contributed by atoms with van der Waals surface area (Å²) in [5.41, 5.74) is 2.60. The van der Waals surface area contributed by atoms with Crippen LogP contribution in [0.1, 0.15) is 41.9 Å². The number of amides is 2. The fourth-order valence-electron chi connectivity index (χ4n) is 3.72. The van der Waals surface area contributed by atoms with Crippen LogP contribution in [0.4, 0.5) is 5.13 Å². The minimum Gasteiger partial charge on any atom is -0.343 e. The number of nitrogens with one attached hydrogen (secondary N) is 2. The number of aromatic nitrogens is 1. The van der Waals surface area contributed by atoms with Crippen LogP contribution in [0.25, 0.3) is 0 Å². The van der Waals surface area contributed by atoms with Gasteiger partial charge in [0.1, 0.15) is 0 Å². The van der Waals surface area contributed by atoms with E-state index in [-0.39, 0.29) is 18.4 Å². The standard InChI is InChI=1S/C21H28N4O2S/c1-14-4-6-17(7-5-14)20(27)22-9-19(26)24-21-23-18(13-28-21)12-25-10-15(2)8-16(3)11-25/h4-7,13,15-16H,8-12H2,1-3H3,(H,22,27)(H,23,24,26)/t15-,16-/m0/s1. The van der Waals surface area contributed by atoms with Crippen molar-refractivity contribution in [3.63, 3.8) is 0 Å². The largest absolute Gasteiger partial charge is 0.343 e. The van der Waals surface area contributed by atoms with Gasteiger partial charge < -0.3 is 10.6 Å². The summed E-state index contributed by atoms with van der Waals surface area (Å²) in [5.74, 6) is 0.877. The minimum absolute atomic E-state index is 0.0806. The second-order valence-electron chi connectivity index (χ2n) is 7.88. The first-order valence-electron chi connectivity index (χ1n) is 9.70. The molecule has 7 heteroatoms. The molecule has 1 fully saturated rings. The van der Waals surface area contributed by atoms with E-state index in [1.165, 1.54) is 17.8 Å². The fraction of sp³-hybridized carbons (Fsp3) is 0.476. The Morgan fingerprint density at radius 3 is 2.54 bits per heavy atom. The summed E-state index contributed by atoms with van der Waals surface area (Å²) in [4.78, 5) is 31.2. The van der Waals surface area contributed by atoms with E-state index in [2.05, 4.69) is 34.4 Å². The number of rotatable bonds is 6. The molecule has 2 atom stereocenters. The Labute approximate surface area is 170 Å². The van der Waals surface area contributed by atoms with Crippen LogP contribution in [0.5, 0.6) is 0 Å². The van der Waals surface area contributed by atoms with E-state index in [1.54, 1.807) is 12.1 Å². The predicted molar refractivity (Wildman–Crippen MR) is 112 cm³/mol. The Bertz CT molecular complexity index is 808. The number of piperidine rings is 1. The first kappa shape index (κ1) is 20.5. The van der Waals surface area contributed by atoms with E-state index in [0.717, 1.165) is 30.9 Å². The SMILES string of the molecule is Cc1ccc(C(=O)NCC(=O)Nc2nc(CN3C[C@@H](C)C[C@H](C)C3)cs2)cc1. The smallest absolute Gasteiger partial charge is 0.251 e. The van der Waals surface area contributed by atoms with Gasteiger partial charge in [0.15, 0.2) is 5.13 Å². The lowest BCUT2D eigenvalue weighted by Crippen LogP contribution is -2.38. The topological polar surface area (TPSA) is 74.3 Å². The lowest BCUT2D eigenvalue weighted by Gasteiger charge is -2.34. The van der Waals surface area contributed by atoms with Gasteiger partial charge in [-0.15, -0.1) is 11.3 Å². The van der Waals surface area contributed by atoms with Crippen LogP contribution in [0, 0.1) is 18.8 Å². The van der Waals surface area contributed by atoms with Gasteiger partial charge in [0.05, 0.1) is 12.2 Å². The Morgan fingerprint density at radius 1 is 1.18 bits per heavy atom. The van der Waals surface area contributed by atoms with Gasteiger partial charge in [-0.3, -0.25) is 14.5 Å². The van der Waals surface area contributed by atoms with Crippen LogP contribution >= 0.6 is 11.3 Å². The Kier molecular flexibility index (Phi) is 6.80. The van der Waals surface area contributed by atoms with Crippen molar-refractivity contribution in [2.45, 2.75) is 33.7 Å². The molecule has 2 N–H and O–H groups in total. The average Bonchev–Trinajstić information content (AvgIpc) is 3.06. The van der Waals surface area contributed by atoms with E-state index in [0.29, 0.717) is 22.5 Å². The van der Waals surface area contributed by atoms with E-state index in [4.69, 9.17) is 0 Å². The molecule has 2 heterocycles. The second-order valence-corrected chi connectivity index (χ2v) is 8.74. The third kappa shape index (κ3) is 5.87. The van der Waals surface area contributed by atoms with Crippen LogP contribution < -0.4 is 10.6 Å². The maximum absolute atomic E-state index is 12.1. The number of benzene rings is 1. The molecule has 6 nitrogen and oxygen atoms in total. The van der Waals surface area contributed by atoms with E-state index in [1.807, 2.05) is 24.4 Å². The zero-order valence-electron chi connectivity index (χ0n) is 16.7. The number of hydrogen-bond acceptors (Lipinski definition) is 5. The van der Waals surface area contributed by atoms with Crippen molar-refractivity contribution in [3.8, 4) is 0 Å². The molecule has 2 aromatic rings. The van der Waals surface area contributed by atoms with Gasteiger partial charge in [-0.05, 0) is 37.3 Å². The molecule has 2 amide bonds. The number of carbonyl (C=O) groups is 2. The van der Waals surface area contributed by atoms with Gasteiger partial charge >= 0.3 is 0 Å². The van der Waals surface area contributed by atoms with Gasteiger partial charge in [0, 0.05) is 30.6 Å². The van der Waals surface area contributed by atoms with Crippen LogP contribution in [0.2, 0.25) is 0 Å². The quantitative estimate of drug-likeness (QED) is 0.780. The van der Waals surface area contributed by atoms with Crippen molar-refractivity contribution < 1.29 is 9.59 Å². The summed E-state index contributed by atoms with van der Waals surface area (Å²) in [7, 11) is 0. The molecule has 1 aliphatic heterocycles. The van der Waals surface area contributed by atoms with Gasteiger partial charge in [0.2, 0.25) is 5.91 Å². The Hall–Kier alpha value is -2.25. The Morgan fingerprint density at radius 2 is 1.86 bits per heavy atom.